The van der Waals surface area contributed by atoms with Gasteiger partial charge in [-0.25, -0.2) is 9.50 Å². The Labute approximate surface area is 123 Å². The van der Waals surface area contributed by atoms with Crippen molar-refractivity contribution in [2.75, 3.05) is 0 Å². The fourth-order valence-corrected chi connectivity index (χ4v) is 2.20. The van der Waals surface area contributed by atoms with Gasteiger partial charge in [-0.15, -0.1) is 5.10 Å². The third kappa shape index (κ3) is 2.79. The second kappa shape index (κ2) is 5.40. The molecule has 0 N–H and O–H groups in total. The van der Waals surface area contributed by atoms with Gasteiger partial charge in [0.1, 0.15) is 11.5 Å². The van der Waals surface area contributed by atoms with Gasteiger partial charge in [-0.05, 0) is 44.5 Å². The zero-order valence-corrected chi connectivity index (χ0v) is 12.4. The summed E-state index contributed by atoms with van der Waals surface area (Å²) in [4.78, 5) is 4.43. The lowest BCUT2D eigenvalue weighted by Gasteiger charge is -2.09. The molecule has 0 amide bonds. The highest BCUT2D eigenvalue weighted by atomic mass is 16.5. The molecule has 4 heteroatoms. The van der Waals surface area contributed by atoms with Gasteiger partial charge in [0.25, 0.3) is 0 Å². The fraction of sp³-hybridized carbons (Fsp3) is 0.176. The lowest BCUT2D eigenvalue weighted by atomic mass is 10.1. The number of fused-ring (bicyclic) bond motifs is 1. The number of nitrogens with zero attached hydrogens (tertiary/aromatic N) is 3. The molecule has 2 heterocycles. The number of pyridine rings is 1. The summed E-state index contributed by atoms with van der Waals surface area (Å²) in [5, 5.41) is 4.34. The number of hydrogen-bond donors (Lipinski definition) is 0. The lowest BCUT2D eigenvalue weighted by Crippen LogP contribution is -1.91. The fourth-order valence-electron chi connectivity index (χ4n) is 2.20. The second-order valence-corrected chi connectivity index (χ2v) is 5.01. The summed E-state index contributed by atoms with van der Waals surface area (Å²) >= 11 is 0. The van der Waals surface area contributed by atoms with E-state index in [-0.39, 0.29) is 0 Å². The molecule has 0 bridgehead atoms. The first kappa shape index (κ1) is 13.4. The van der Waals surface area contributed by atoms with Gasteiger partial charge >= 0.3 is 0 Å². The molecule has 4 nitrogen and oxygen atoms in total. The summed E-state index contributed by atoms with van der Waals surface area (Å²) in [6.07, 6.45) is 5.65. The van der Waals surface area contributed by atoms with Gasteiger partial charge in [0.2, 0.25) is 0 Å². The Bertz CT molecular complexity index is 818. The van der Waals surface area contributed by atoms with Crippen LogP contribution in [0, 0.1) is 13.8 Å². The van der Waals surface area contributed by atoms with Crippen LogP contribution in [0.4, 0.5) is 0 Å². The van der Waals surface area contributed by atoms with Gasteiger partial charge in [0, 0.05) is 12.3 Å². The molecule has 3 aromatic rings. The largest absolute Gasteiger partial charge is 0.457 e. The van der Waals surface area contributed by atoms with Crippen LogP contribution in [0.5, 0.6) is 11.5 Å². The topological polar surface area (TPSA) is 39.4 Å². The minimum absolute atomic E-state index is 0.696. The van der Waals surface area contributed by atoms with Crippen molar-refractivity contribution in [1.82, 2.24) is 14.6 Å². The molecule has 2 aromatic heterocycles. The van der Waals surface area contributed by atoms with Crippen molar-refractivity contribution in [2.45, 2.75) is 20.8 Å². The van der Waals surface area contributed by atoms with Crippen LogP contribution >= 0.6 is 0 Å². The average Bonchev–Trinajstić information content (AvgIpc) is 2.84. The number of rotatable bonds is 3. The summed E-state index contributed by atoms with van der Waals surface area (Å²) in [6.45, 7) is 6.06. The molecule has 0 aliphatic rings. The minimum atomic E-state index is 0.696. The maximum Gasteiger partial charge on any atom is 0.174 e. The van der Waals surface area contributed by atoms with Gasteiger partial charge in [-0.2, -0.15) is 0 Å². The van der Waals surface area contributed by atoms with Crippen molar-refractivity contribution in [3.8, 4) is 11.5 Å². The number of ether oxygens (including phenoxy) is 1. The van der Waals surface area contributed by atoms with Gasteiger partial charge in [0.05, 0.1) is 0 Å². The molecule has 3 rings (SSSR count). The Morgan fingerprint density at radius 3 is 2.76 bits per heavy atom. The monoisotopic (exact) mass is 279 g/mol. The summed E-state index contributed by atoms with van der Waals surface area (Å²) in [7, 11) is 0. The van der Waals surface area contributed by atoms with Crippen molar-refractivity contribution >= 4 is 11.7 Å². The summed E-state index contributed by atoms with van der Waals surface area (Å²) in [5.74, 6) is 2.31. The Balaban J connectivity index is 1.93. The van der Waals surface area contributed by atoms with E-state index in [0.29, 0.717) is 5.82 Å². The highest BCUT2D eigenvalue weighted by Crippen LogP contribution is 2.26. The summed E-state index contributed by atoms with van der Waals surface area (Å²) < 4.78 is 7.68. The van der Waals surface area contributed by atoms with E-state index in [1.165, 1.54) is 5.56 Å². The molecule has 1 aromatic carbocycles. The maximum absolute atomic E-state index is 5.94. The van der Waals surface area contributed by atoms with Gasteiger partial charge in [0.15, 0.2) is 11.5 Å². The van der Waals surface area contributed by atoms with Crippen LogP contribution in [-0.2, 0) is 0 Å². The SMILES string of the molecule is C/C=C\c1nc2cc(Oc3ccc(C)cc3C)ccn2n1. The first-order valence-electron chi connectivity index (χ1n) is 6.90. The van der Waals surface area contributed by atoms with Gasteiger partial charge < -0.3 is 4.74 Å². The Hall–Kier alpha value is -2.62. The molecule has 0 saturated carbocycles. The number of aryl methyl sites for hydroxylation is 2. The highest BCUT2D eigenvalue weighted by Gasteiger charge is 2.05. The predicted molar refractivity (Wildman–Crippen MR) is 83.7 cm³/mol. The molecule has 0 aliphatic heterocycles. The zero-order valence-electron chi connectivity index (χ0n) is 12.4. The second-order valence-electron chi connectivity index (χ2n) is 5.01. The van der Waals surface area contributed by atoms with E-state index < -0.39 is 0 Å². The standard InChI is InChI=1S/C17H17N3O/c1-4-5-16-18-17-11-14(8-9-20(17)19-16)21-15-7-6-12(2)10-13(15)3/h4-11H,1-3H3/b5-4-. The van der Waals surface area contributed by atoms with Crippen molar-refractivity contribution < 1.29 is 4.74 Å². The van der Waals surface area contributed by atoms with Crippen molar-refractivity contribution in [3.05, 3.63) is 59.6 Å². The molecule has 0 fully saturated rings. The van der Waals surface area contributed by atoms with E-state index in [9.17, 15) is 0 Å². The average molecular weight is 279 g/mol. The third-order valence-corrected chi connectivity index (χ3v) is 3.20. The highest BCUT2D eigenvalue weighted by molar-refractivity contribution is 5.50. The molecule has 0 atom stereocenters. The lowest BCUT2D eigenvalue weighted by molar-refractivity contribution is 0.478. The van der Waals surface area contributed by atoms with E-state index in [1.807, 2.05) is 56.5 Å². The van der Waals surface area contributed by atoms with E-state index in [1.54, 1.807) is 4.52 Å². The number of allylic oxidation sites excluding steroid dienone is 1. The zero-order chi connectivity index (χ0) is 14.8. The molecular formula is C17H17N3O. The van der Waals surface area contributed by atoms with Crippen LogP contribution in [0.25, 0.3) is 11.7 Å². The first-order chi connectivity index (χ1) is 10.2. The van der Waals surface area contributed by atoms with Crippen molar-refractivity contribution in [2.24, 2.45) is 0 Å². The summed E-state index contributed by atoms with van der Waals surface area (Å²) in [5.41, 5.74) is 3.11. The van der Waals surface area contributed by atoms with Crippen LogP contribution in [-0.4, -0.2) is 14.6 Å². The Kier molecular flexibility index (Phi) is 3.44. The van der Waals surface area contributed by atoms with Gasteiger partial charge in [-0.1, -0.05) is 23.8 Å². The smallest absolute Gasteiger partial charge is 0.174 e. The van der Waals surface area contributed by atoms with E-state index in [0.717, 1.165) is 22.7 Å². The van der Waals surface area contributed by atoms with E-state index in [4.69, 9.17) is 4.74 Å². The Morgan fingerprint density at radius 2 is 2.00 bits per heavy atom. The van der Waals surface area contributed by atoms with Crippen LogP contribution in [0.2, 0.25) is 0 Å². The van der Waals surface area contributed by atoms with Gasteiger partial charge in [-0.3, -0.25) is 0 Å². The van der Waals surface area contributed by atoms with Crippen LogP contribution < -0.4 is 4.74 Å². The summed E-state index contributed by atoms with van der Waals surface area (Å²) in [6, 6.07) is 9.92. The van der Waals surface area contributed by atoms with Crippen LogP contribution in [0.15, 0.2) is 42.6 Å². The number of benzene rings is 1. The van der Waals surface area contributed by atoms with Crippen LogP contribution in [0.3, 0.4) is 0 Å². The molecule has 0 aliphatic carbocycles. The molecule has 0 spiro atoms. The number of aromatic nitrogens is 3. The van der Waals surface area contributed by atoms with E-state index >= 15 is 0 Å². The quantitative estimate of drug-likeness (QED) is 0.722. The first-order valence-corrected chi connectivity index (χ1v) is 6.90. The molecule has 0 unspecified atom stereocenters. The third-order valence-electron chi connectivity index (χ3n) is 3.20. The maximum atomic E-state index is 5.94. The molecular weight excluding hydrogens is 262 g/mol. The molecule has 21 heavy (non-hydrogen) atoms. The Morgan fingerprint density at radius 1 is 1.14 bits per heavy atom. The van der Waals surface area contributed by atoms with E-state index in [2.05, 4.69) is 23.1 Å². The van der Waals surface area contributed by atoms with Crippen molar-refractivity contribution in [1.29, 1.82) is 0 Å². The normalized spacial score (nSPS) is 11.4. The van der Waals surface area contributed by atoms with Crippen LogP contribution in [0.1, 0.15) is 23.9 Å². The number of hydrogen-bond acceptors (Lipinski definition) is 3. The van der Waals surface area contributed by atoms with Crippen molar-refractivity contribution in [3.63, 3.8) is 0 Å². The predicted octanol–water partition coefficient (Wildman–Crippen LogP) is 4.17. The molecule has 0 saturated heterocycles. The minimum Gasteiger partial charge on any atom is -0.457 e. The molecule has 0 radical (unpaired) electrons. The molecule has 106 valence electrons.